The molecule has 1 aliphatic rings. The summed E-state index contributed by atoms with van der Waals surface area (Å²) in [6, 6.07) is 0. The summed E-state index contributed by atoms with van der Waals surface area (Å²) in [5.74, 6) is 0. The molecule has 0 amide bonds. The zero-order valence-corrected chi connectivity index (χ0v) is 9.18. The Balaban J connectivity index is -0.0000000625. The average molecular weight is 271 g/mol. The van der Waals surface area contributed by atoms with Crippen LogP contribution in [-0.2, 0) is 35.0 Å². The molecule has 14 heavy (non-hydrogen) atoms. The van der Waals surface area contributed by atoms with Crippen LogP contribution in [0.1, 0.15) is 0 Å². The first-order chi connectivity index (χ1) is 6.50. The van der Waals surface area contributed by atoms with E-state index in [2.05, 4.69) is 20.0 Å². The van der Waals surface area contributed by atoms with Crippen LogP contribution in [0.15, 0.2) is 36.5 Å². The molecule has 0 spiro atoms. The SMILES string of the molecule is [C-]#[O+].[C-]#[O+].[C-]#[O+].[CH]1C=CC=CC=C1.[Mo]. The molecule has 1 rings (SSSR count). The summed E-state index contributed by atoms with van der Waals surface area (Å²) in [5, 5.41) is 0. The van der Waals surface area contributed by atoms with E-state index < -0.39 is 0 Å². The fourth-order valence-corrected chi connectivity index (χ4v) is 0.449. The van der Waals surface area contributed by atoms with E-state index in [9.17, 15) is 0 Å². The summed E-state index contributed by atoms with van der Waals surface area (Å²) < 4.78 is 22.5. The van der Waals surface area contributed by atoms with Crippen LogP contribution in [0.3, 0.4) is 0 Å². The molecule has 0 aromatic rings. The molecule has 0 fully saturated rings. The van der Waals surface area contributed by atoms with Crippen molar-refractivity contribution in [1.82, 2.24) is 0 Å². The van der Waals surface area contributed by atoms with Gasteiger partial charge < -0.3 is 0 Å². The molecule has 4 heteroatoms. The molecule has 1 radical (unpaired) electrons. The largest absolute Gasteiger partial charge is 0.0767 e. The maximum atomic E-state index is 7.50. The standard InChI is InChI=1S/C7H7.3CO.Mo/c1-2-4-6-7-5-3-1;3*1-2;/h1-7H;;;;. The van der Waals surface area contributed by atoms with Crippen LogP contribution < -0.4 is 0 Å². The Labute approximate surface area is 98.0 Å². The summed E-state index contributed by atoms with van der Waals surface area (Å²) in [7, 11) is 0. The molecular weight excluding hydrogens is 264 g/mol. The van der Waals surface area contributed by atoms with Crippen molar-refractivity contribution in [3.05, 3.63) is 62.8 Å². The molecule has 3 nitrogen and oxygen atoms in total. The summed E-state index contributed by atoms with van der Waals surface area (Å²) in [4.78, 5) is 0. The molecule has 0 bridgehead atoms. The van der Waals surface area contributed by atoms with Gasteiger partial charge in [0, 0.05) is 27.5 Å². The monoisotopic (exact) mass is 273 g/mol. The van der Waals surface area contributed by atoms with Gasteiger partial charge in [0.2, 0.25) is 0 Å². The van der Waals surface area contributed by atoms with Gasteiger partial charge in [-0.2, -0.15) is 0 Å². The van der Waals surface area contributed by atoms with Crippen molar-refractivity contribution in [3.63, 3.8) is 0 Å². The Morgan fingerprint density at radius 1 is 0.500 bits per heavy atom. The minimum absolute atomic E-state index is 0. The van der Waals surface area contributed by atoms with Crippen molar-refractivity contribution in [2.75, 3.05) is 0 Å². The van der Waals surface area contributed by atoms with E-state index in [1.807, 2.05) is 42.9 Å². The Kier molecular flexibility index (Phi) is 66.2. The third kappa shape index (κ3) is 30.4. The van der Waals surface area contributed by atoms with Crippen LogP contribution in [0.4, 0.5) is 0 Å². The van der Waals surface area contributed by atoms with Crippen LogP contribution in [0.2, 0.25) is 0 Å². The molecule has 71 valence electrons. The van der Waals surface area contributed by atoms with Gasteiger partial charge in [0.15, 0.2) is 0 Å². The van der Waals surface area contributed by atoms with Crippen molar-refractivity contribution < 1.29 is 35.0 Å². The van der Waals surface area contributed by atoms with Crippen molar-refractivity contribution in [2.45, 2.75) is 0 Å². The first-order valence-corrected chi connectivity index (χ1v) is 2.95. The van der Waals surface area contributed by atoms with Gasteiger partial charge in [0.05, 0.1) is 0 Å². The first-order valence-electron chi connectivity index (χ1n) is 2.95. The van der Waals surface area contributed by atoms with Crippen molar-refractivity contribution in [3.8, 4) is 0 Å². The van der Waals surface area contributed by atoms with Gasteiger partial charge >= 0.3 is 33.9 Å². The fourth-order valence-electron chi connectivity index (χ4n) is 0.449. The fraction of sp³-hybridized carbons (Fsp3) is 0. The molecule has 0 unspecified atom stereocenters. The zero-order valence-electron chi connectivity index (χ0n) is 7.17. The first kappa shape index (κ1) is 23.2. The molecule has 0 aromatic carbocycles. The number of rotatable bonds is 0. The molecule has 0 heterocycles. The van der Waals surface area contributed by atoms with E-state index >= 15 is 0 Å². The second-order valence-corrected chi connectivity index (χ2v) is 1.35. The van der Waals surface area contributed by atoms with Crippen LogP contribution >= 0.6 is 0 Å². The Morgan fingerprint density at radius 2 is 0.714 bits per heavy atom. The summed E-state index contributed by atoms with van der Waals surface area (Å²) in [5.41, 5.74) is 0. The third-order valence-electron chi connectivity index (χ3n) is 0.778. The predicted octanol–water partition coefficient (Wildman–Crippen LogP) is 1.76. The van der Waals surface area contributed by atoms with Crippen LogP contribution in [0.5, 0.6) is 0 Å². The Morgan fingerprint density at radius 3 is 1.00 bits per heavy atom. The summed E-state index contributed by atoms with van der Waals surface area (Å²) in [6.07, 6.45) is 14.0. The summed E-state index contributed by atoms with van der Waals surface area (Å²) >= 11 is 0. The van der Waals surface area contributed by atoms with E-state index in [-0.39, 0.29) is 21.1 Å². The Hall–Kier alpha value is -0.872. The van der Waals surface area contributed by atoms with E-state index in [1.165, 1.54) is 0 Å². The van der Waals surface area contributed by atoms with Crippen molar-refractivity contribution in [2.24, 2.45) is 0 Å². The molecule has 0 aromatic heterocycles. The van der Waals surface area contributed by atoms with Gasteiger partial charge in [-0.15, -0.1) is 0 Å². The molecule has 1 aliphatic carbocycles. The maximum absolute atomic E-state index is 7.50. The van der Waals surface area contributed by atoms with Gasteiger partial charge in [-0.1, -0.05) is 36.5 Å². The van der Waals surface area contributed by atoms with E-state index in [4.69, 9.17) is 14.0 Å². The van der Waals surface area contributed by atoms with Crippen molar-refractivity contribution >= 4 is 0 Å². The molecule has 0 saturated heterocycles. The molecule has 0 N–H and O–H groups in total. The van der Waals surface area contributed by atoms with Crippen LogP contribution in [0.25, 0.3) is 0 Å². The zero-order chi connectivity index (χ0) is 10.9. The van der Waals surface area contributed by atoms with Gasteiger partial charge in [-0.3, -0.25) is 0 Å². The van der Waals surface area contributed by atoms with Crippen molar-refractivity contribution in [1.29, 1.82) is 0 Å². The molecule has 0 saturated carbocycles. The Bertz CT molecular complexity index is 193. The predicted molar refractivity (Wildman–Crippen MR) is 43.5 cm³/mol. The van der Waals surface area contributed by atoms with E-state index in [1.54, 1.807) is 0 Å². The quantitative estimate of drug-likeness (QED) is 0.366. The average Bonchev–Trinajstić information content (AvgIpc) is 2.58. The molecule has 0 atom stereocenters. The topological polar surface area (TPSA) is 59.7 Å². The van der Waals surface area contributed by atoms with Crippen LogP contribution in [0, 0.1) is 26.4 Å². The molecule has 0 aliphatic heterocycles. The molecular formula is C10H7MoO3. The van der Waals surface area contributed by atoms with E-state index in [0.29, 0.717) is 0 Å². The minimum Gasteiger partial charge on any atom is -0.0767 e. The second-order valence-electron chi connectivity index (χ2n) is 1.35. The third-order valence-corrected chi connectivity index (χ3v) is 0.778. The number of hydrogen-bond donors (Lipinski definition) is 0. The number of allylic oxidation sites excluding steroid dienone is 6. The van der Waals surface area contributed by atoms with Gasteiger partial charge in [0.1, 0.15) is 0 Å². The van der Waals surface area contributed by atoms with Gasteiger partial charge in [0.25, 0.3) is 0 Å². The minimum atomic E-state index is 0. The number of hydrogen-bond acceptors (Lipinski definition) is 0. The maximum Gasteiger partial charge on any atom is 0.00506 e. The van der Waals surface area contributed by atoms with Crippen LogP contribution in [-0.4, -0.2) is 0 Å². The second kappa shape index (κ2) is 40.0. The smallest absolute Gasteiger partial charge is 0.00506 e. The van der Waals surface area contributed by atoms with Gasteiger partial charge in [-0.25, -0.2) is 0 Å². The van der Waals surface area contributed by atoms with E-state index in [0.717, 1.165) is 0 Å². The summed E-state index contributed by atoms with van der Waals surface area (Å²) in [6.45, 7) is 13.5. The normalized spacial score (nSPS) is 9.00. The van der Waals surface area contributed by atoms with Gasteiger partial charge in [-0.05, 0) is 0 Å².